The number of benzene rings is 1. The van der Waals surface area contributed by atoms with Crippen molar-refractivity contribution in [2.24, 2.45) is 5.41 Å². The fourth-order valence-corrected chi connectivity index (χ4v) is 6.09. The fraction of sp³-hybridized carbons (Fsp3) is 0.308. The molecule has 2 aliphatic rings. The van der Waals surface area contributed by atoms with Crippen LogP contribution in [0.25, 0.3) is 22.6 Å². The minimum atomic E-state index is -0.657. The van der Waals surface area contributed by atoms with Crippen LogP contribution in [-0.2, 0) is 12.0 Å². The molecule has 0 radical (unpaired) electrons. The first-order chi connectivity index (χ1) is 16.4. The summed E-state index contributed by atoms with van der Waals surface area (Å²) in [7, 11) is 0. The minimum Gasteiger partial charge on any atom is -0.438 e. The van der Waals surface area contributed by atoms with Crippen molar-refractivity contribution in [3.05, 3.63) is 83.3 Å². The molecule has 0 saturated heterocycles. The molecule has 1 saturated carbocycles. The van der Waals surface area contributed by atoms with Crippen LogP contribution in [0, 0.1) is 17.0 Å². The van der Waals surface area contributed by atoms with Gasteiger partial charge in [0, 0.05) is 11.8 Å². The van der Waals surface area contributed by atoms with E-state index in [4.69, 9.17) is 9.40 Å². The lowest BCUT2D eigenvalue weighted by Gasteiger charge is -2.37. The molecular formula is C26H22F2N4O2. The van der Waals surface area contributed by atoms with Gasteiger partial charge in [0.25, 0.3) is 0 Å². The molecule has 3 heterocycles. The summed E-state index contributed by atoms with van der Waals surface area (Å²) in [6.45, 7) is 4.12. The zero-order chi connectivity index (χ0) is 23.7. The molecule has 2 aliphatic carbocycles. The Hall–Kier alpha value is -3.52. The maximum atomic E-state index is 14.5. The van der Waals surface area contributed by atoms with Crippen LogP contribution in [-0.4, -0.2) is 25.3 Å². The highest BCUT2D eigenvalue weighted by molar-refractivity contribution is 5.65. The van der Waals surface area contributed by atoms with Gasteiger partial charge in [0.15, 0.2) is 5.76 Å². The summed E-state index contributed by atoms with van der Waals surface area (Å²) in [4.78, 5) is 8.83. The van der Waals surface area contributed by atoms with E-state index in [1.165, 1.54) is 18.2 Å². The third-order valence-electron chi connectivity index (χ3n) is 7.77. The standard InChI is InChI=1S/C26H22F2N4O2/c1-25(2)16-6-8-26(25,21-10-14(7-9-29-21)20-12-30-22(13-33)34-20)24-15(16)11-19(31-32-24)23-17(27)4-3-5-18(23)28/h3-5,7,9-12,16,33H,6,8,13H2,1-2H3/t16-,26-/m0/s1. The number of aliphatic hydroxyl groups is 1. The number of aliphatic hydroxyl groups excluding tert-OH is 1. The number of fused-ring (bicyclic) bond motifs is 5. The van der Waals surface area contributed by atoms with Gasteiger partial charge in [-0.3, -0.25) is 4.98 Å². The van der Waals surface area contributed by atoms with Gasteiger partial charge in [0.1, 0.15) is 18.2 Å². The topological polar surface area (TPSA) is 84.9 Å². The van der Waals surface area contributed by atoms with Gasteiger partial charge in [-0.1, -0.05) is 19.9 Å². The lowest BCUT2D eigenvalue weighted by Crippen LogP contribution is -2.37. The summed E-state index contributed by atoms with van der Waals surface area (Å²) in [5.74, 6) is -0.364. The van der Waals surface area contributed by atoms with Crippen LogP contribution in [0.1, 0.15) is 55.4 Å². The van der Waals surface area contributed by atoms with Crippen LogP contribution in [0.15, 0.2) is 53.2 Å². The van der Waals surface area contributed by atoms with Crippen LogP contribution in [0.5, 0.6) is 0 Å². The molecular weight excluding hydrogens is 438 g/mol. The van der Waals surface area contributed by atoms with Crippen molar-refractivity contribution in [1.29, 1.82) is 0 Å². The van der Waals surface area contributed by atoms with Crippen molar-refractivity contribution in [2.45, 2.75) is 44.6 Å². The number of aromatic nitrogens is 4. The van der Waals surface area contributed by atoms with E-state index in [0.717, 1.165) is 35.4 Å². The van der Waals surface area contributed by atoms with Crippen LogP contribution in [0.2, 0.25) is 0 Å². The number of hydrogen-bond acceptors (Lipinski definition) is 6. The summed E-state index contributed by atoms with van der Waals surface area (Å²) in [5, 5.41) is 18.1. The van der Waals surface area contributed by atoms with Crippen molar-refractivity contribution in [1.82, 2.24) is 20.2 Å². The molecule has 172 valence electrons. The van der Waals surface area contributed by atoms with Crippen molar-refractivity contribution in [2.75, 3.05) is 0 Å². The zero-order valence-electron chi connectivity index (χ0n) is 18.7. The Morgan fingerprint density at radius 3 is 2.62 bits per heavy atom. The second-order valence-electron chi connectivity index (χ2n) is 9.55. The number of hydrogen-bond donors (Lipinski definition) is 1. The Bertz CT molecular complexity index is 1410. The third kappa shape index (κ3) is 2.69. The normalized spacial score (nSPS) is 22.2. The number of rotatable bonds is 4. The van der Waals surface area contributed by atoms with Crippen LogP contribution in [0.3, 0.4) is 0 Å². The van der Waals surface area contributed by atoms with Gasteiger partial charge in [0.05, 0.1) is 34.3 Å². The van der Waals surface area contributed by atoms with Crippen molar-refractivity contribution in [3.63, 3.8) is 0 Å². The van der Waals surface area contributed by atoms with Crippen molar-refractivity contribution in [3.8, 4) is 22.6 Å². The van der Waals surface area contributed by atoms with Crippen LogP contribution in [0.4, 0.5) is 8.78 Å². The lowest BCUT2D eigenvalue weighted by molar-refractivity contribution is 0.241. The van der Waals surface area contributed by atoms with Gasteiger partial charge in [-0.05, 0) is 60.1 Å². The zero-order valence-corrected chi connectivity index (χ0v) is 18.7. The molecule has 1 fully saturated rings. The molecule has 1 aromatic carbocycles. The largest absolute Gasteiger partial charge is 0.438 e. The van der Waals surface area contributed by atoms with E-state index in [0.29, 0.717) is 5.76 Å². The average Bonchev–Trinajstić information content (AvgIpc) is 3.47. The quantitative estimate of drug-likeness (QED) is 0.452. The van der Waals surface area contributed by atoms with Gasteiger partial charge in [0.2, 0.25) is 5.89 Å². The highest BCUT2D eigenvalue weighted by Gasteiger charge is 2.65. The maximum Gasteiger partial charge on any atom is 0.220 e. The van der Waals surface area contributed by atoms with Gasteiger partial charge >= 0.3 is 0 Å². The summed E-state index contributed by atoms with van der Waals surface area (Å²) in [6.07, 6.45) is 5.07. The Balaban J connectivity index is 1.51. The average molecular weight is 460 g/mol. The molecule has 4 aromatic rings. The maximum absolute atomic E-state index is 14.5. The van der Waals surface area contributed by atoms with Gasteiger partial charge in [-0.15, -0.1) is 5.10 Å². The molecule has 0 unspecified atom stereocenters. The minimum absolute atomic E-state index is 0.155. The number of pyridine rings is 1. The first kappa shape index (κ1) is 21.0. The highest BCUT2D eigenvalue weighted by Crippen LogP contribution is 2.69. The van der Waals surface area contributed by atoms with E-state index in [9.17, 15) is 13.9 Å². The van der Waals surface area contributed by atoms with Crippen molar-refractivity contribution >= 4 is 0 Å². The summed E-state index contributed by atoms with van der Waals surface area (Å²) in [6, 6.07) is 9.41. The third-order valence-corrected chi connectivity index (χ3v) is 7.77. The van der Waals surface area contributed by atoms with Crippen LogP contribution >= 0.6 is 0 Å². The van der Waals surface area contributed by atoms with Gasteiger partial charge in [-0.25, -0.2) is 13.8 Å². The molecule has 2 atom stereocenters. The molecule has 0 spiro atoms. The summed E-state index contributed by atoms with van der Waals surface area (Å²) in [5.41, 5.74) is 2.74. The molecule has 6 rings (SSSR count). The lowest BCUT2D eigenvalue weighted by atomic mass is 9.66. The monoisotopic (exact) mass is 460 g/mol. The van der Waals surface area contributed by atoms with E-state index in [-0.39, 0.29) is 35.1 Å². The van der Waals surface area contributed by atoms with E-state index >= 15 is 0 Å². The highest BCUT2D eigenvalue weighted by atomic mass is 19.1. The molecule has 6 nitrogen and oxygen atoms in total. The number of halogens is 2. The van der Waals surface area contributed by atoms with Crippen molar-refractivity contribution < 1.29 is 18.3 Å². The summed E-state index contributed by atoms with van der Waals surface area (Å²) >= 11 is 0. The second-order valence-corrected chi connectivity index (χ2v) is 9.55. The molecule has 3 aromatic heterocycles. The Kier molecular flexibility index (Phi) is 4.48. The van der Waals surface area contributed by atoms with E-state index in [2.05, 4.69) is 29.0 Å². The molecule has 1 N–H and O–H groups in total. The Morgan fingerprint density at radius 1 is 1.09 bits per heavy atom. The Morgan fingerprint density at radius 2 is 1.88 bits per heavy atom. The van der Waals surface area contributed by atoms with E-state index in [1.54, 1.807) is 18.5 Å². The first-order valence-corrected chi connectivity index (χ1v) is 11.2. The number of oxazole rings is 1. The predicted molar refractivity (Wildman–Crippen MR) is 120 cm³/mol. The number of nitrogens with zero attached hydrogens (tertiary/aromatic N) is 4. The first-order valence-electron chi connectivity index (χ1n) is 11.2. The molecule has 34 heavy (non-hydrogen) atoms. The molecule has 8 heteroatoms. The molecule has 0 amide bonds. The summed E-state index contributed by atoms with van der Waals surface area (Å²) < 4.78 is 34.5. The smallest absolute Gasteiger partial charge is 0.220 e. The van der Waals surface area contributed by atoms with Gasteiger partial charge < -0.3 is 9.52 Å². The Labute approximate surface area is 194 Å². The second kappa shape index (κ2) is 7.24. The van der Waals surface area contributed by atoms with E-state index in [1.807, 2.05) is 12.1 Å². The predicted octanol–water partition coefficient (Wildman–Crippen LogP) is 5.17. The van der Waals surface area contributed by atoms with E-state index < -0.39 is 17.0 Å². The molecule has 0 aliphatic heterocycles. The van der Waals surface area contributed by atoms with Gasteiger partial charge in [-0.2, -0.15) is 5.10 Å². The fourth-order valence-electron chi connectivity index (χ4n) is 6.09. The SMILES string of the molecule is CC1(C)[C@H]2CC[C@]1(c1cc(-c3cnc(CO)o3)ccn1)c1nnc(-c3c(F)cccc3F)cc12. The van der Waals surface area contributed by atoms with Crippen LogP contribution < -0.4 is 0 Å². The molecule has 2 bridgehead atoms.